The first kappa shape index (κ1) is 21.8. The number of hydrogen-bond donors (Lipinski definition) is 1. The van der Waals surface area contributed by atoms with Gasteiger partial charge in [-0.15, -0.1) is 0 Å². The lowest BCUT2D eigenvalue weighted by atomic mass is 10.2. The molecule has 152 valence electrons. The molecule has 0 saturated carbocycles. The Balaban J connectivity index is 1.47. The van der Waals surface area contributed by atoms with E-state index >= 15 is 0 Å². The molecule has 3 aromatic carbocycles. The van der Waals surface area contributed by atoms with E-state index in [1.54, 1.807) is 60.7 Å². The highest BCUT2D eigenvalue weighted by Gasteiger charge is 2.11. The number of ether oxygens (including phenoxy) is 2. The maximum absolute atomic E-state index is 12.2. The Kier molecular flexibility index (Phi) is 7.81. The van der Waals surface area contributed by atoms with Gasteiger partial charge in [0.25, 0.3) is 5.91 Å². The molecule has 0 fully saturated rings. The molecule has 0 radical (unpaired) electrons. The lowest BCUT2D eigenvalue weighted by Gasteiger charge is -2.06. The molecule has 0 aliphatic carbocycles. The van der Waals surface area contributed by atoms with Crippen LogP contribution in [-0.4, -0.2) is 24.7 Å². The fourth-order valence-electron chi connectivity index (χ4n) is 2.30. The number of rotatable bonds is 7. The summed E-state index contributed by atoms with van der Waals surface area (Å²) in [6.07, 6.45) is 1.48. The topological polar surface area (TPSA) is 77.0 Å². The van der Waals surface area contributed by atoms with E-state index < -0.39 is 11.9 Å². The first-order chi connectivity index (χ1) is 14.5. The van der Waals surface area contributed by atoms with E-state index in [-0.39, 0.29) is 6.61 Å². The van der Waals surface area contributed by atoms with E-state index in [0.717, 1.165) is 9.13 Å². The first-order valence-electron chi connectivity index (χ1n) is 8.78. The number of hydrogen-bond acceptors (Lipinski definition) is 5. The van der Waals surface area contributed by atoms with Crippen molar-refractivity contribution in [1.82, 2.24) is 5.43 Å². The Morgan fingerprint density at radius 1 is 0.967 bits per heavy atom. The summed E-state index contributed by atoms with van der Waals surface area (Å²) in [6, 6.07) is 20.6. The minimum atomic E-state index is -0.422. The molecular weight excluding hydrogens is 519 g/mol. The predicted octanol–water partition coefficient (Wildman–Crippen LogP) is 4.69. The van der Waals surface area contributed by atoms with Crippen molar-refractivity contribution in [3.8, 4) is 11.5 Å². The smallest absolute Gasteiger partial charge is 0.344 e. The van der Waals surface area contributed by atoms with Crippen LogP contribution in [0.5, 0.6) is 11.5 Å². The minimum absolute atomic E-state index is 0.174. The maximum Gasteiger partial charge on any atom is 0.344 e. The van der Waals surface area contributed by atoms with Crippen LogP contribution in [0.3, 0.4) is 0 Å². The van der Waals surface area contributed by atoms with Crippen molar-refractivity contribution < 1.29 is 19.1 Å². The van der Waals surface area contributed by atoms with Gasteiger partial charge in [0.15, 0.2) is 6.61 Å². The number of halogens is 2. The monoisotopic (exact) mass is 534 g/mol. The van der Waals surface area contributed by atoms with E-state index in [1.807, 2.05) is 12.1 Å². The van der Waals surface area contributed by atoms with Crippen molar-refractivity contribution >= 4 is 52.3 Å². The van der Waals surface area contributed by atoms with Gasteiger partial charge in [-0.1, -0.05) is 23.7 Å². The zero-order valence-electron chi connectivity index (χ0n) is 15.5. The van der Waals surface area contributed by atoms with Crippen LogP contribution >= 0.6 is 34.2 Å². The lowest BCUT2D eigenvalue weighted by molar-refractivity contribution is -0.123. The molecule has 1 N–H and O–H groups in total. The molecule has 1 amide bonds. The average molecular weight is 535 g/mol. The lowest BCUT2D eigenvalue weighted by Crippen LogP contribution is -2.24. The van der Waals surface area contributed by atoms with Crippen LogP contribution in [0.2, 0.25) is 5.02 Å². The zero-order chi connectivity index (χ0) is 21.3. The van der Waals surface area contributed by atoms with Crippen LogP contribution in [0.25, 0.3) is 0 Å². The van der Waals surface area contributed by atoms with Crippen LogP contribution in [0.15, 0.2) is 77.9 Å². The van der Waals surface area contributed by atoms with Crippen LogP contribution in [-0.2, 0) is 4.79 Å². The summed E-state index contributed by atoms with van der Waals surface area (Å²) in [4.78, 5) is 24.0. The Bertz CT molecular complexity index is 1050. The highest BCUT2D eigenvalue weighted by molar-refractivity contribution is 14.1. The van der Waals surface area contributed by atoms with E-state index in [1.165, 1.54) is 6.21 Å². The number of carbonyl (C=O) groups excluding carboxylic acids is 2. The Labute approximate surface area is 192 Å². The number of benzene rings is 3. The van der Waals surface area contributed by atoms with Crippen molar-refractivity contribution in [2.75, 3.05) is 6.61 Å². The van der Waals surface area contributed by atoms with Crippen LogP contribution in [0.1, 0.15) is 15.9 Å². The third-order valence-corrected chi connectivity index (χ3v) is 4.96. The second-order valence-corrected chi connectivity index (χ2v) is 7.57. The molecule has 0 aliphatic heterocycles. The molecule has 30 heavy (non-hydrogen) atoms. The van der Waals surface area contributed by atoms with Crippen LogP contribution in [0.4, 0.5) is 0 Å². The molecule has 0 saturated heterocycles. The summed E-state index contributed by atoms with van der Waals surface area (Å²) < 4.78 is 11.5. The summed E-state index contributed by atoms with van der Waals surface area (Å²) in [7, 11) is 0. The van der Waals surface area contributed by atoms with Crippen molar-refractivity contribution in [3.05, 3.63) is 92.5 Å². The number of hydrazone groups is 1. The Morgan fingerprint density at radius 3 is 2.33 bits per heavy atom. The third-order valence-electron chi connectivity index (χ3n) is 3.77. The standard InChI is InChI=1S/C22H16ClIN2O4/c23-16-7-11-17(12-8-16)29-14-21(27)26-25-13-15-5-9-18(10-6-15)30-22(28)19-3-1-2-4-20(19)24/h1-13H,14H2,(H,26,27)/b25-13+. The van der Waals surface area contributed by atoms with Crippen molar-refractivity contribution in [3.63, 3.8) is 0 Å². The Morgan fingerprint density at radius 2 is 1.63 bits per heavy atom. The van der Waals surface area contributed by atoms with Gasteiger partial charge < -0.3 is 9.47 Å². The number of esters is 1. The van der Waals surface area contributed by atoms with Gasteiger partial charge in [-0.2, -0.15) is 5.10 Å². The van der Waals surface area contributed by atoms with E-state index in [2.05, 4.69) is 33.1 Å². The van der Waals surface area contributed by atoms with Gasteiger partial charge in [0.1, 0.15) is 11.5 Å². The molecule has 0 aliphatic rings. The van der Waals surface area contributed by atoms with Gasteiger partial charge in [0.2, 0.25) is 0 Å². The molecule has 0 spiro atoms. The van der Waals surface area contributed by atoms with E-state index in [0.29, 0.717) is 22.1 Å². The van der Waals surface area contributed by atoms with Crippen molar-refractivity contribution in [1.29, 1.82) is 0 Å². The van der Waals surface area contributed by atoms with Gasteiger partial charge in [-0.05, 0) is 88.8 Å². The van der Waals surface area contributed by atoms with Crippen molar-refractivity contribution in [2.45, 2.75) is 0 Å². The molecular formula is C22H16ClIN2O4. The number of nitrogens with one attached hydrogen (secondary N) is 1. The average Bonchev–Trinajstić information content (AvgIpc) is 2.75. The SMILES string of the molecule is O=C(COc1ccc(Cl)cc1)N/N=C/c1ccc(OC(=O)c2ccccc2I)cc1. The highest BCUT2D eigenvalue weighted by atomic mass is 127. The van der Waals surface area contributed by atoms with Gasteiger partial charge >= 0.3 is 5.97 Å². The highest BCUT2D eigenvalue weighted by Crippen LogP contribution is 2.17. The molecule has 3 rings (SSSR count). The normalized spacial score (nSPS) is 10.6. The van der Waals surface area contributed by atoms with Gasteiger partial charge in [-0.3, -0.25) is 4.79 Å². The van der Waals surface area contributed by atoms with E-state index in [4.69, 9.17) is 21.1 Å². The molecule has 6 nitrogen and oxygen atoms in total. The molecule has 0 unspecified atom stereocenters. The molecule has 0 heterocycles. The summed E-state index contributed by atoms with van der Waals surface area (Å²) in [6.45, 7) is -0.174. The van der Waals surface area contributed by atoms with Gasteiger partial charge in [0, 0.05) is 8.59 Å². The largest absolute Gasteiger partial charge is 0.484 e. The van der Waals surface area contributed by atoms with Crippen LogP contribution in [0, 0.1) is 3.57 Å². The molecule has 0 aromatic heterocycles. The summed E-state index contributed by atoms with van der Waals surface area (Å²) in [5, 5.41) is 4.47. The summed E-state index contributed by atoms with van der Waals surface area (Å²) >= 11 is 7.88. The molecule has 0 bridgehead atoms. The fraction of sp³-hybridized carbons (Fsp3) is 0.0455. The molecule has 0 atom stereocenters. The predicted molar refractivity (Wildman–Crippen MR) is 123 cm³/mol. The van der Waals surface area contributed by atoms with Crippen molar-refractivity contribution in [2.24, 2.45) is 5.10 Å². The third kappa shape index (κ3) is 6.57. The number of amides is 1. The second-order valence-electron chi connectivity index (χ2n) is 5.97. The van der Waals surface area contributed by atoms with E-state index in [9.17, 15) is 9.59 Å². The summed E-state index contributed by atoms with van der Waals surface area (Å²) in [5.41, 5.74) is 3.61. The quantitative estimate of drug-likeness (QED) is 0.157. The van der Waals surface area contributed by atoms with Gasteiger partial charge in [-0.25, -0.2) is 10.2 Å². The number of nitrogens with zero attached hydrogens (tertiary/aromatic N) is 1. The molecule has 3 aromatic rings. The summed E-state index contributed by atoms with van der Waals surface area (Å²) in [5.74, 6) is 0.129. The maximum atomic E-state index is 12.2. The second kappa shape index (κ2) is 10.7. The first-order valence-corrected chi connectivity index (χ1v) is 10.2. The molecule has 8 heteroatoms. The number of carbonyl (C=O) groups is 2. The van der Waals surface area contributed by atoms with Crippen LogP contribution < -0.4 is 14.9 Å². The Hall–Kier alpha value is -2.91. The van der Waals surface area contributed by atoms with Gasteiger partial charge in [0.05, 0.1) is 11.8 Å². The zero-order valence-corrected chi connectivity index (χ0v) is 18.5. The minimum Gasteiger partial charge on any atom is -0.484 e. The fourth-order valence-corrected chi connectivity index (χ4v) is 3.04.